The number of rotatable bonds is 4. The first kappa shape index (κ1) is 18.4. The number of anilines is 1. The van der Waals surface area contributed by atoms with Crippen LogP contribution in [0.2, 0.25) is 0 Å². The second kappa shape index (κ2) is 7.60. The minimum absolute atomic E-state index is 0.00240. The topological polar surface area (TPSA) is 58.6 Å². The van der Waals surface area contributed by atoms with Crippen molar-refractivity contribution in [3.05, 3.63) is 77.9 Å². The summed E-state index contributed by atoms with van der Waals surface area (Å²) >= 11 is 0. The van der Waals surface area contributed by atoms with Crippen LogP contribution in [0.1, 0.15) is 34.3 Å². The van der Waals surface area contributed by atoms with Gasteiger partial charge in [-0.2, -0.15) is 0 Å². The molecule has 5 heteroatoms. The van der Waals surface area contributed by atoms with Crippen LogP contribution in [-0.4, -0.2) is 31.5 Å². The van der Waals surface area contributed by atoms with Crippen molar-refractivity contribution in [1.82, 2.24) is 5.32 Å². The summed E-state index contributed by atoms with van der Waals surface area (Å²) in [5.41, 5.74) is 3.37. The van der Waals surface area contributed by atoms with Crippen molar-refractivity contribution in [2.75, 3.05) is 24.5 Å². The molecule has 1 amide bonds. The molecule has 1 N–H and O–H groups in total. The number of carbonyl (C=O) groups excluding carboxylic acids is 2. The first-order valence-corrected chi connectivity index (χ1v) is 9.64. The number of amides is 1. The lowest BCUT2D eigenvalue weighted by Crippen LogP contribution is -2.44. The number of carbonyl (C=O) groups is 2. The molecule has 144 valence electrons. The molecule has 0 unspecified atom stereocenters. The summed E-state index contributed by atoms with van der Waals surface area (Å²) in [7, 11) is 0. The SMILES string of the molecule is C=CC(=O)c1ccccc1COC(=O)N1CC2(CCNCC2)c2ccccc21. The van der Waals surface area contributed by atoms with E-state index in [2.05, 4.69) is 18.0 Å². The number of allylic oxidation sites excluding steroid dienone is 1. The molecule has 0 bridgehead atoms. The van der Waals surface area contributed by atoms with Gasteiger partial charge >= 0.3 is 6.09 Å². The van der Waals surface area contributed by atoms with Gasteiger partial charge in [-0.1, -0.05) is 49.0 Å². The van der Waals surface area contributed by atoms with E-state index in [1.165, 1.54) is 11.6 Å². The Kier molecular flexibility index (Phi) is 5.01. The van der Waals surface area contributed by atoms with Gasteiger partial charge in [-0.3, -0.25) is 9.69 Å². The number of nitrogens with one attached hydrogen (secondary N) is 1. The van der Waals surface area contributed by atoms with Gasteiger partial charge < -0.3 is 10.1 Å². The van der Waals surface area contributed by atoms with Crippen LogP contribution in [0.5, 0.6) is 0 Å². The van der Waals surface area contributed by atoms with Crippen molar-refractivity contribution < 1.29 is 14.3 Å². The molecule has 2 aromatic rings. The van der Waals surface area contributed by atoms with E-state index < -0.39 is 0 Å². The molecule has 1 spiro atoms. The Hall–Kier alpha value is -2.92. The molecular formula is C23H24N2O3. The Morgan fingerprint density at radius 2 is 1.82 bits per heavy atom. The van der Waals surface area contributed by atoms with E-state index in [1.54, 1.807) is 23.1 Å². The molecule has 2 aromatic carbocycles. The van der Waals surface area contributed by atoms with Crippen molar-refractivity contribution in [2.45, 2.75) is 24.9 Å². The number of fused-ring (bicyclic) bond motifs is 2. The summed E-state index contributed by atoms with van der Waals surface area (Å²) in [4.78, 5) is 26.7. The molecule has 0 radical (unpaired) electrons. The van der Waals surface area contributed by atoms with Crippen LogP contribution < -0.4 is 10.2 Å². The first-order chi connectivity index (χ1) is 13.6. The number of nitrogens with zero attached hydrogens (tertiary/aromatic N) is 1. The Bertz CT molecular complexity index is 916. The normalized spacial score (nSPS) is 17.2. The highest BCUT2D eigenvalue weighted by Gasteiger charge is 2.45. The van der Waals surface area contributed by atoms with Crippen molar-refractivity contribution in [3.63, 3.8) is 0 Å². The van der Waals surface area contributed by atoms with Crippen molar-refractivity contribution in [2.24, 2.45) is 0 Å². The van der Waals surface area contributed by atoms with Crippen LogP contribution in [0.25, 0.3) is 0 Å². The molecule has 0 aliphatic carbocycles. The van der Waals surface area contributed by atoms with Gasteiger partial charge in [0, 0.05) is 23.1 Å². The summed E-state index contributed by atoms with van der Waals surface area (Å²) < 4.78 is 5.62. The first-order valence-electron chi connectivity index (χ1n) is 9.64. The number of hydrogen-bond acceptors (Lipinski definition) is 4. The second-order valence-corrected chi connectivity index (χ2v) is 7.41. The van der Waals surface area contributed by atoms with Crippen LogP contribution in [0.4, 0.5) is 10.5 Å². The van der Waals surface area contributed by atoms with E-state index >= 15 is 0 Å². The number of piperidine rings is 1. The highest BCUT2D eigenvalue weighted by atomic mass is 16.6. The van der Waals surface area contributed by atoms with Crippen LogP contribution in [0.3, 0.4) is 0 Å². The van der Waals surface area contributed by atoms with Gasteiger partial charge in [-0.15, -0.1) is 0 Å². The van der Waals surface area contributed by atoms with Gasteiger partial charge in [-0.25, -0.2) is 4.79 Å². The predicted molar refractivity (Wildman–Crippen MR) is 109 cm³/mol. The monoisotopic (exact) mass is 376 g/mol. The average Bonchev–Trinajstić information content (AvgIpc) is 3.06. The molecule has 5 nitrogen and oxygen atoms in total. The number of hydrogen-bond donors (Lipinski definition) is 1. The zero-order valence-electron chi connectivity index (χ0n) is 15.8. The third kappa shape index (κ3) is 3.22. The molecule has 1 fully saturated rings. The van der Waals surface area contributed by atoms with E-state index in [0.717, 1.165) is 31.6 Å². The van der Waals surface area contributed by atoms with Crippen LogP contribution in [0, 0.1) is 0 Å². The Balaban J connectivity index is 1.54. The fourth-order valence-electron chi connectivity index (χ4n) is 4.34. The van der Waals surface area contributed by atoms with Crippen LogP contribution >= 0.6 is 0 Å². The van der Waals surface area contributed by atoms with Crippen molar-refractivity contribution in [1.29, 1.82) is 0 Å². The maximum atomic E-state index is 12.9. The molecule has 1 saturated heterocycles. The van der Waals surface area contributed by atoms with E-state index in [-0.39, 0.29) is 23.9 Å². The van der Waals surface area contributed by atoms with E-state index in [4.69, 9.17) is 4.74 Å². The minimum atomic E-state index is -0.372. The van der Waals surface area contributed by atoms with Gasteiger partial charge in [0.25, 0.3) is 0 Å². The van der Waals surface area contributed by atoms with E-state index in [9.17, 15) is 9.59 Å². The maximum Gasteiger partial charge on any atom is 0.414 e. The number of ketones is 1. The lowest BCUT2D eigenvalue weighted by Gasteiger charge is -2.34. The molecule has 2 aliphatic heterocycles. The summed E-state index contributed by atoms with van der Waals surface area (Å²) in [6.07, 6.45) is 2.91. The fourth-order valence-corrected chi connectivity index (χ4v) is 4.34. The Morgan fingerprint density at radius 1 is 1.11 bits per heavy atom. The predicted octanol–water partition coefficient (Wildman–Crippen LogP) is 3.83. The van der Waals surface area contributed by atoms with Gasteiger partial charge in [0.1, 0.15) is 6.61 Å². The Morgan fingerprint density at radius 3 is 2.61 bits per heavy atom. The summed E-state index contributed by atoms with van der Waals surface area (Å²) in [5, 5.41) is 3.41. The highest BCUT2D eigenvalue weighted by molar-refractivity contribution is 6.05. The summed E-state index contributed by atoms with van der Waals surface area (Å²) in [6.45, 7) is 6.14. The maximum absolute atomic E-state index is 12.9. The third-order valence-electron chi connectivity index (χ3n) is 5.83. The summed E-state index contributed by atoms with van der Waals surface area (Å²) in [6, 6.07) is 15.3. The Labute approximate surface area is 165 Å². The molecule has 4 rings (SSSR count). The van der Waals surface area contributed by atoms with Gasteiger partial charge in [0.2, 0.25) is 0 Å². The third-order valence-corrected chi connectivity index (χ3v) is 5.83. The van der Waals surface area contributed by atoms with E-state index in [1.807, 2.05) is 24.3 Å². The standard InChI is InChI=1S/C23H24N2O3/c1-2-21(26)18-8-4-3-7-17(18)15-28-22(27)25-16-23(11-13-24-14-12-23)19-9-5-6-10-20(19)25/h2-10,24H,1,11-16H2. The largest absolute Gasteiger partial charge is 0.444 e. The van der Waals surface area contributed by atoms with Gasteiger partial charge in [-0.05, 0) is 43.6 Å². The van der Waals surface area contributed by atoms with E-state index in [0.29, 0.717) is 17.7 Å². The van der Waals surface area contributed by atoms with Gasteiger partial charge in [0.15, 0.2) is 5.78 Å². The number of para-hydroxylation sites is 1. The molecule has 2 heterocycles. The molecule has 0 atom stereocenters. The zero-order chi connectivity index (χ0) is 19.6. The molecular weight excluding hydrogens is 352 g/mol. The zero-order valence-corrected chi connectivity index (χ0v) is 15.8. The lowest BCUT2D eigenvalue weighted by molar-refractivity contribution is 0.104. The van der Waals surface area contributed by atoms with Crippen LogP contribution in [0.15, 0.2) is 61.2 Å². The average molecular weight is 376 g/mol. The quantitative estimate of drug-likeness (QED) is 0.651. The molecule has 2 aliphatic rings. The lowest BCUT2D eigenvalue weighted by atomic mass is 9.75. The van der Waals surface area contributed by atoms with Crippen molar-refractivity contribution in [3.8, 4) is 0 Å². The molecule has 0 saturated carbocycles. The number of benzene rings is 2. The smallest absolute Gasteiger partial charge is 0.414 e. The van der Waals surface area contributed by atoms with Crippen LogP contribution in [-0.2, 0) is 16.8 Å². The second-order valence-electron chi connectivity index (χ2n) is 7.41. The van der Waals surface area contributed by atoms with Gasteiger partial charge in [0.05, 0.1) is 5.69 Å². The van der Waals surface area contributed by atoms with Crippen molar-refractivity contribution >= 4 is 17.6 Å². The summed E-state index contributed by atoms with van der Waals surface area (Å²) in [5.74, 6) is -0.174. The highest BCUT2D eigenvalue weighted by Crippen LogP contribution is 2.46. The number of ether oxygens (including phenoxy) is 1. The molecule has 28 heavy (non-hydrogen) atoms. The molecule has 0 aromatic heterocycles. The minimum Gasteiger partial charge on any atom is -0.444 e. The fraction of sp³-hybridized carbons (Fsp3) is 0.304.